The summed E-state index contributed by atoms with van der Waals surface area (Å²) in [6, 6.07) is 0. The standard InChI is InChI=1S/C11H17N3O5/c1-7(2)4-5-12-10(16)19-14-9(15)8(3)6-13(18)11(14)17/h6-7,18H,4-5H2,1-3H3,(H,12,16). The second-order valence-corrected chi connectivity index (χ2v) is 4.53. The van der Waals surface area contributed by atoms with E-state index in [9.17, 15) is 19.6 Å². The molecular weight excluding hydrogens is 254 g/mol. The topological polar surface area (TPSA) is 103 Å². The van der Waals surface area contributed by atoms with Crippen molar-refractivity contribution in [3.05, 3.63) is 32.6 Å². The Morgan fingerprint density at radius 3 is 2.68 bits per heavy atom. The summed E-state index contributed by atoms with van der Waals surface area (Å²) >= 11 is 0. The zero-order valence-electron chi connectivity index (χ0n) is 11.0. The fraction of sp³-hybridized carbons (Fsp3) is 0.545. The molecule has 1 heterocycles. The largest absolute Gasteiger partial charge is 0.432 e. The van der Waals surface area contributed by atoms with E-state index in [-0.39, 0.29) is 15.0 Å². The fourth-order valence-corrected chi connectivity index (χ4v) is 1.29. The Kier molecular flexibility index (Phi) is 4.74. The van der Waals surface area contributed by atoms with Gasteiger partial charge in [0.25, 0.3) is 5.56 Å². The zero-order valence-corrected chi connectivity index (χ0v) is 11.0. The molecule has 1 amide bonds. The average molecular weight is 271 g/mol. The monoisotopic (exact) mass is 271 g/mol. The van der Waals surface area contributed by atoms with Gasteiger partial charge in [0.1, 0.15) is 0 Å². The molecule has 0 atom stereocenters. The maximum Gasteiger partial charge on any atom is 0.432 e. The van der Waals surface area contributed by atoms with Crippen LogP contribution in [0.1, 0.15) is 25.8 Å². The van der Waals surface area contributed by atoms with Gasteiger partial charge in [-0.3, -0.25) is 4.79 Å². The summed E-state index contributed by atoms with van der Waals surface area (Å²) in [6.07, 6.45) is 0.758. The van der Waals surface area contributed by atoms with Crippen molar-refractivity contribution < 1.29 is 14.8 Å². The molecule has 0 aliphatic rings. The lowest BCUT2D eigenvalue weighted by atomic mass is 10.1. The number of aromatic nitrogens is 2. The van der Waals surface area contributed by atoms with Crippen molar-refractivity contribution in [2.24, 2.45) is 5.92 Å². The molecule has 8 nitrogen and oxygen atoms in total. The molecule has 0 aliphatic carbocycles. The third-order valence-corrected chi connectivity index (χ3v) is 2.37. The van der Waals surface area contributed by atoms with Gasteiger partial charge in [-0.15, -0.1) is 4.73 Å². The van der Waals surface area contributed by atoms with Crippen LogP contribution in [0.3, 0.4) is 0 Å². The number of aryl methyl sites for hydroxylation is 1. The summed E-state index contributed by atoms with van der Waals surface area (Å²) in [6.45, 7) is 5.72. The van der Waals surface area contributed by atoms with Crippen molar-refractivity contribution in [1.29, 1.82) is 0 Å². The number of rotatable bonds is 4. The van der Waals surface area contributed by atoms with Crippen molar-refractivity contribution in [2.45, 2.75) is 27.2 Å². The summed E-state index contributed by atoms with van der Waals surface area (Å²) < 4.78 is 0.387. The lowest BCUT2D eigenvalue weighted by molar-refractivity contribution is 0.0928. The van der Waals surface area contributed by atoms with Crippen LogP contribution in [-0.2, 0) is 0 Å². The van der Waals surface area contributed by atoms with Crippen LogP contribution in [-0.4, -0.2) is 27.3 Å². The lowest BCUT2D eigenvalue weighted by Gasteiger charge is -2.09. The van der Waals surface area contributed by atoms with Crippen LogP contribution < -0.4 is 21.4 Å². The number of nitrogens with one attached hydrogen (secondary N) is 1. The highest BCUT2D eigenvalue weighted by Gasteiger charge is 2.13. The van der Waals surface area contributed by atoms with E-state index >= 15 is 0 Å². The van der Waals surface area contributed by atoms with Crippen molar-refractivity contribution in [1.82, 2.24) is 14.8 Å². The Hall–Kier alpha value is -2.25. The quantitative estimate of drug-likeness (QED) is 0.734. The molecule has 8 heteroatoms. The summed E-state index contributed by atoms with van der Waals surface area (Å²) in [4.78, 5) is 39.0. The third kappa shape index (κ3) is 3.87. The second kappa shape index (κ2) is 6.07. The Morgan fingerprint density at radius 2 is 2.11 bits per heavy atom. The van der Waals surface area contributed by atoms with Crippen LogP contribution >= 0.6 is 0 Å². The van der Waals surface area contributed by atoms with E-state index < -0.39 is 17.3 Å². The van der Waals surface area contributed by atoms with Gasteiger partial charge in [0.15, 0.2) is 0 Å². The molecule has 1 rings (SSSR count). The van der Waals surface area contributed by atoms with Crippen molar-refractivity contribution in [3.8, 4) is 0 Å². The number of amides is 1. The lowest BCUT2D eigenvalue weighted by Crippen LogP contribution is -2.48. The van der Waals surface area contributed by atoms with E-state index in [1.54, 1.807) is 0 Å². The predicted molar refractivity (Wildman–Crippen MR) is 66.3 cm³/mol. The highest BCUT2D eigenvalue weighted by atomic mass is 16.7. The Bertz CT molecular complexity index is 538. The first-order valence-corrected chi connectivity index (χ1v) is 5.83. The molecule has 0 spiro atoms. The number of nitrogens with zero attached hydrogens (tertiary/aromatic N) is 2. The normalized spacial score (nSPS) is 10.5. The molecule has 106 valence electrons. The number of hydrogen-bond donors (Lipinski definition) is 2. The summed E-state index contributed by atoms with van der Waals surface area (Å²) in [5, 5.41) is 11.6. The van der Waals surface area contributed by atoms with E-state index in [1.165, 1.54) is 6.92 Å². The molecule has 1 aromatic heterocycles. The number of hydrogen-bond acceptors (Lipinski definition) is 5. The van der Waals surface area contributed by atoms with Gasteiger partial charge < -0.3 is 15.4 Å². The molecule has 1 aromatic rings. The van der Waals surface area contributed by atoms with Crippen LogP contribution in [0.4, 0.5) is 4.79 Å². The van der Waals surface area contributed by atoms with Crippen LogP contribution in [0.2, 0.25) is 0 Å². The van der Waals surface area contributed by atoms with Gasteiger partial charge in [-0.25, -0.2) is 9.59 Å². The molecule has 0 saturated carbocycles. The van der Waals surface area contributed by atoms with E-state index in [4.69, 9.17) is 0 Å². The average Bonchev–Trinajstić information content (AvgIpc) is 2.32. The van der Waals surface area contributed by atoms with Gasteiger partial charge in [-0.05, 0) is 19.3 Å². The van der Waals surface area contributed by atoms with Crippen LogP contribution in [0.15, 0.2) is 15.8 Å². The molecule has 0 unspecified atom stereocenters. The number of carbonyl (C=O) groups excluding carboxylic acids is 1. The molecule has 19 heavy (non-hydrogen) atoms. The maximum absolute atomic E-state index is 11.6. The highest BCUT2D eigenvalue weighted by Crippen LogP contribution is 1.95. The summed E-state index contributed by atoms with van der Waals surface area (Å²) in [7, 11) is 0. The van der Waals surface area contributed by atoms with E-state index in [2.05, 4.69) is 10.2 Å². The van der Waals surface area contributed by atoms with E-state index in [1.807, 2.05) is 13.8 Å². The van der Waals surface area contributed by atoms with Gasteiger partial charge in [0, 0.05) is 12.1 Å². The SMILES string of the molecule is Cc1cn(O)c(=O)n(OC(=O)NCCC(C)C)c1=O. The Morgan fingerprint density at radius 1 is 1.47 bits per heavy atom. The molecule has 0 saturated heterocycles. The van der Waals surface area contributed by atoms with Gasteiger partial charge in [0.2, 0.25) is 0 Å². The molecule has 2 N–H and O–H groups in total. The summed E-state index contributed by atoms with van der Waals surface area (Å²) in [5.41, 5.74) is -1.87. The number of carbonyl (C=O) groups is 1. The van der Waals surface area contributed by atoms with Gasteiger partial charge in [0.05, 0.1) is 6.20 Å². The smallest absolute Gasteiger partial charge is 0.424 e. The Balaban J connectivity index is 2.80. The third-order valence-electron chi connectivity index (χ3n) is 2.37. The van der Waals surface area contributed by atoms with Crippen LogP contribution in [0.25, 0.3) is 0 Å². The minimum atomic E-state index is -1.14. The van der Waals surface area contributed by atoms with Gasteiger partial charge in [-0.1, -0.05) is 18.6 Å². The van der Waals surface area contributed by atoms with Gasteiger partial charge >= 0.3 is 11.8 Å². The minimum Gasteiger partial charge on any atom is -0.424 e. The van der Waals surface area contributed by atoms with Crippen molar-refractivity contribution in [2.75, 3.05) is 6.54 Å². The molecule has 0 fully saturated rings. The van der Waals surface area contributed by atoms with Crippen LogP contribution in [0, 0.1) is 12.8 Å². The van der Waals surface area contributed by atoms with E-state index in [0.29, 0.717) is 12.5 Å². The first-order chi connectivity index (χ1) is 8.82. The Labute approximate surface area is 109 Å². The van der Waals surface area contributed by atoms with Crippen molar-refractivity contribution >= 4 is 6.09 Å². The zero-order chi connectivity index (χ0) is 14.6. The molecular formula is C11H17N3O5. The highest BCUT2D eigenvalue weighted by molar-refractivity contribution is 5.67. The van der Waals surface area contributed by atoms with E-state index in [0.717, 1.165) is 12.6 Å². The molecule has 0 aliphatic heterocycles. The second-order valence-electron chi connectivity index (χ2n) is 4.53. The summed E-state index contributed by atoms with van der Waals surface area (Å²) in [5.74, 6) is 0.400. The van der Waals surface area contributed by atoms with Crippen molar-refractivity contribution in [3.63, 3.8) is 0 Å². The van der Waals surface area contributed by atoms with Gasteiger partial charge in [-0.2, -0.15) is 0 Å². The molecule has 0 aromatic carbocycles. The first-order valence-electron chi connectivity index (χ1n) is 5.83. The molecule has 0 bridgehead atoms. The maximum atomic E-state index is 11.6. The predicted octanol–water partition coefficient (Wildman–Crippen LogP) is -0.260. The van der Waals surface area contributed by atoms with Crippen LogP contribution in [0.5, 0.6) is 0 Å². The molecule has 0 radical (unpaired) electrons. The fourth-order valence-electron chi connectivity index (χ4n) is 1.29. The first kappa shape index (κ1) is 14.8. The minimum absolute atomic E-state index is 0.0667.